The third-order valence-electron chi connectivity index (χ3n) is 2.64. The van der Waals surface area contributed by atoms with Gasteiger partial charge in [0.1, 0.15) is 0 Å². The van der Waals surface area contributed by atoms with Gasteiger partial charge in [-0.1, -0.05) is 18.2 Å². The van der Waals surface area contributed by atoms with Crippen molar-refractivity contribution in [3.05, 3.63) is 35.9 Å². The second kappa shape index (κ2) is 4.94. The van der Waals surface area contributed by atoms with E-state index in [0.29, 0.717) is 0 Å². The van der Waals surface area contributed by atoms with Crippen LogP contribution in [0.15, 0.2) is 30.3 Å². The van der Waals surface area contributed by atoms with Crippen LogP contribution in [0, 0.1) is 0 Å². The summed E-state index contributed by atoms with van der Waals surface area (Å²) in [5.74, 6) is -0.0335. The van der Waals surface area contributed by atoms with Crippen LogP contribution >= 0.6 is 0 Å². The largest absolute Gasteiger partial charge is 0.326 e. The Morgan fingerprint density at radius 3 is 2.62 bits per heavy atom. The maximum absolute atomic E-state index is 10.9. The molecule has 1 aromatic carbocycles. The zero-order chi connectivity index (χ0) is 11.4. The Kier molecular flexibility index (Phi) is 3.37. The molecular weight excluding hydrogens is 200 g/mol. The molecule has 2 rings (SSSR count). The molecule has 1 aromatic rings. The van der Waals surface area contributed by atoms with Gasteiger partial charge in [0.2, 0.25) is 5.91 Å². The van der Waals surface area contributed by atoms with Gasteiger partial charge in [-0.2, -0.15) is 0 Å². The van der Waals surface area contributed by atoms with Gasteiger partial charge in [-0.05, 0) is 36.2 Å². The summed E-state index contributed by atoms with van der Waals surface area (Å²) in [5.41, 5.74) is 3.48. The average Bonchev–Trinajstić information content (AvgIpc) is 2.30. The van der Waals surface area contributed by atoms with E-state index >= 15 is 0 Å². The van der Waals surface area contributed by atoms with Gasteiger partial charge in [0.15, 0.2) is 0 Å². The number of rotatable bonds is 2. The summed E-state index contributed by atoms with van der Waals surface area (Å²) < 4.78 is 0. The molecule has 0 spiro atoms. The minimum Gasteiger partial charge on any atom is -0.326 e. The Morgan fingerprint density at radius 1 is 1.31 bits per heavy atom. The Morgan fingerprint density at radius 2 is 2.06 bits per heavy atom. The molecule has 0 radical (unpaired) electrons. The Hall–Kier alpha value is -1.61. The van der Waals surface area contributed by atoms with Crippen molar-refractivity contribution in [2.24, 2.45) is 0 Å². The van der Waals surface area contributed by atoms with Crippen LogP contribution in [0.3, 0.4) is 0 Å². The van der Waals surface area contributed by atoms with Crippen LogP contribution in [0.1, 0.15) is 18.9 Å². The predicted molar refractivity (Wildman–Crippen MR) is 66.2 cm³/mol. The first-order valence-electron chi connectivity index (χ1n) is 5.53. The van der Waals surface area contributed by atoms with Crippen molar-refractivity contribution in [3.8, 4) is 0 Å². The topological polar surface area (TPSA) is 41.1 Å². The van der Waals surface area contributed by atoms with E-state index in [0.717, 1.165) is 25.2 Å². The molecule has 0 unspecified atom stereocenters. The number of anilines is 1. The van der Waals surface area contributed by atoms with Gasteiger partial charge in [-0.25, -0.2) is 0 Å². The first kappa shape index (κ1) is 10.9. The maximum atomic E-state index is 10.9. The minimum absolute atomic E-state index is 0.0335. The zero-order valence-electron chi connectivity index (χ0n) is 9.42. The highest BCUT2D eigenvalue weighted by atomic mass is 16.1. The lowest BCUT2D eigenvalue weighted by Gasteiger charge is -2.14. The van der Waals surface area contributed by atoms with Gasteiger partial charge < -0.3 is 10.6 Å². The first-order chi connectivity index (χ1) is 7.75. The van der Waals surface area contributed by atoms with Gasteiger partial charge >= 0.3 is 0 Å². The second-order valence-electron chi connectivity index (χ2n) is 3.94. The molecular formula is C13H16N2O. The molecule has 0 saturated heterocycles. The fourth-order valence-corrected chi connectivity index (χ4v) is 1.86. The van der Waals surface area contributed by atoms with E-state index in [-0.39, 0.29) is 5.91 Å². The van der Waals surface area contributed by atoms with Crippen LogP contribution in [-0.2, 0) is 4.79 Å². The molecule has 84 valence electrons. The van der Waals surface area contributed by atoms with Gasteiger partial charge in [-0.3, -0.25) is 4.79 Å². The van der Waals surface area contributed by atoms with Crippen molar-refractivity contribution in [1.82, 2.24) is 5.32 Å². The first-order valence-corrected chi connectivity index (χ1v) is 5.53. The molecule has 1 aliphatic heterocycles. The number of benzene rings is 1. The lowest BCUT2D eigenvalue weighted by atomic mass is 10.0. The van der Waals surface area contributed by atoms with E-state index in [1.54, 1.807) is 0 Å². The van der Waals surface area contributed by atoms with Crippen molar-refractivity contribution >= 4 is 17.2 Å². The van der Waals surface area contributed by atoms with E-state index < -0.39 is 0 Å². The number of carbonyl (C=O) groups is 1. The monoisotopic (exact) mass is 216 g/mol. The van der Waals surface area contributed by atoms with Crippen LogP contribution in [0.5, 0.6) is 0 Å². The summed E-state index contributed by atoms with van der Waals surface area (Å²) in [6.07, 6.45) is 3.29. The molecule has 2 N–H and O–H groups in total. The molecule has 0 aliphatic carbocycles. The summed E-state index contributed by atoms with van der Waals surface area (Å²) in [4.78, 5) is 10.9. The molecule has 1 heterocycles. The quantitative estimate of drug-likeness (QED) is 0.794. The van der Waals surface area contributed by atoms with Crippen molar-refractivity contribution in [2.45, 2.75) is 13.3 Å². The van der Waals surface area contributed by atoms with E-state index in [1.165, 1.54) is 18.1 Å². The smallest absolute Gasteiger partial charge is 0.221 e. The highest BCUT2D eigenvalue weighted by Crippen LogP contribution is 2.21. The lowest BCUT2D eigenvalue weighted by molar-refractivity contribution is -0.114. The fraction of sp³-hybridized carbons (Fsp3) is 0.308. The summed E-state index contributed by atoms with van der Waals surface area (Å²) in [6.45, 7) is 3.51. The number of carbonyl (C=O) groups excluding carboxylic acids is 1. The zero-order valence-corrected chi connectivity index (χ0v) is 9.42. The number of hydrogen-bond acceptors (Lipinski definition) is 2. The molecule has 0 atom stereocenters. The van der Waals surface area contributed by atoms with Crippen LogP contribution in [0.25, 0.3) is 5.57 Å². The normalized spacial score (nSPS) is 15.4. The molecule has 0 fully saturated rings. The van der Waals surface area contributed by atoms with Gasteiger partial charge in [0.05, 0.1) is 0 Å². The minimum atomic E-state index is -0.0335. The molecule has 16 heavy (non-hydrogen) atoms. The summed E-state index contributed by atoms with van der Waals surface area (Å²) >= 11 is 0. The standard InChI is InChI=1S/C13H16N2O/c1-10(16)15-13-4-2-11(3-5-13)12-6-8-14-9-7-12/h2-6,14H,7-9H2,1H3,(H,15,16). The molecule has 1 amide bonds. The molecule has 0 saturated carbocycles. The Balaban J connectivity index is 2.12. The number of hydrogen-bond donors (Lipinski definition) is 2. The molecule has 0 bridgehead atoms. The van der Waals surface area contributed by atoms with E-state index in [9.17, 15) is 4.79 Å². The Labute approximate surface area is 95.6 Å². The lowest BCUT2D eigenvalue weighted by Crippen LogP contribution is -2.20. The van der Waals surface area contributed by atoms with Crippen LogP contribution in [0.2, 0.25) is 0 Å². The van der Waals surface area contributed by atoms with Crippen molar-refractivity contribution in [3.63, 3.8) is 0 Å². The summed E-state index contributed by atoms with van der Waals surface area (Å²) in [7, 11) is 0. The van der Waals surface area contributed by atoms with Gasteiger partial charge in [0.25, 0.3) is 0 Å². The Bertz CT molecular complexity index is 406. The third-order valence-corrected chi connectivity index (χ3v) is 2.64. The molecule has 0 aromatic heterocycles. The molecule has 3 heteroatoms. The molecule has 1 aliphatic rings. The predicted octanol–water partition coefficient (Wildman–Crippen LogP) is 2.02. The second-order valence-corrected chi connectivity index (χ2v) is 3.94. The third kappa shape index (κ3) is 2.70. The van der Waals surface area contributed by atoms with Gasteiger partial charge in [0, 0.05) is 19.2 Å². The number of nitrogens with one attached hydrogen (secondary N) is 2. The van der Waals surface area contributed by atoms with Crippen molar-refractivity contribution in [2.75, 3.05) is 18.4 Å². The summed E-state index contributed by atoms with van der Waals surface area (Å²) in [6, 6.07) is 8.00. The number of amides is 1. The highest BCUT2D eigenvalue weighted by Gasteiger charge is 2.05. The van der Waals surface area contributed by atoms with E-state index in [1.807, 2.05) is 12.1 Å². The van der Waals surface area contributed by atoms with Crippen LogP contribution in [0.4, 0.5) is 5.69 Å². The van der Waals surface area contributed by atoms with Crippen LogP contribution in [-0.4, -0.2) is 19.0 Å². The molecule has 3 nitrogen and oxygen atoms in total. The van der Waals surface area contributed by atoms with Crippen LogP contribution < -0.4 is 10.6 Å². The van der Waals surface area contributed by atoms with E-state index in [2.05, 4.69) is 28.8 Å². The summed E-state index contributed by atoms with van der Waals surface area (Å²) in [5, 5.41) is 6.05. The van der Waals surface area contributed by atoms with E-state index in [4.69, 9.17) is 0 Å². The van der Waals surface area contributed by atoms with Crippen molar-refractivity contribution in [1.29, 1.82) is 0 Å². The fourth-order valence-electron chi connectivity index (χ4n) is 1.86. The van der Waals surface area contributed by atoms with Gasteiger partial charge in [-0.15, -0.1) is 0 Å². The van der Waals surface area contributed by atoms with Crippen molar-refractivity contribution < 1.29 is 4.79 Å². The SMILES string of the molecule is CC(=O)Nc1ccc(C2=CCNCC2)cc1. The highest BCUT2D eigenvalue weighted by molar-refractivity contribution is 5.88. The average molecular weight is 216 g/mol. The maximum Gasteiger partial charge on any atom is 0.221 e.